The summed E-state index contributed by atoms with van der Waals surface area (Å²) in [7, 11) is 0. The van der Waals surface area contributed by atoms with Gasteiger partial charge in [0, 0.05) is 32.2 Å². The summed E-state index contributed by atoms with van der Waals surface area (Å²) < 4.78 is 0. The molecule has 2 rings (SSSR count). The molecule has 1 aromatic rings. The van der Waals surface area contributed by atoms with Crippen molar-refractivity contribution in [2.24, 2.45) is 5.92 Å². The quantitative estimate of drug-likeness (QED) is 0.896. The molecule has 1 saturated heterocycles. The average Bonchev–Trinajstić information content (AvgIpc) is 2.50. The van der Waals surface area contributed by atoms with E-state index in [1.165, 1.54) is 47.3 Å². The van der Waals surface area contributed by atoms with E-state index in [1.807, 2.05) is 0 Å². The summed E-state index contributed by atoms with van der Waals surface area (Å²) in [6.45, 7) is 20.8. The van der Waals surface area contributed by atoms with Crippen molar-refractivity contribution in [1.82, 2.24) is 10.2 Å². The van der Waals surface area contributed by atoms with Crippen LogP contribution in [0.1, 0.15) is 59.7 Å². The number of piperazine rings is 1. The van der Waals surface area contributed by atoms with Gasteiger partial charge in [0.2, 0.25) is 0 Å². The van der Waals surface area contributed by atoms with Crippen LogP contribution >= 0.6 is 0 Å². The highest BCUT2D eigenvalue weighted by Crippen LogP contribution is 2.36. The Morgan fingerprint density at radius 2 is 1.27 bits per heavy atom. The molecule has 0 aromatic heterocycles. The Kier molecular flexibility index (Phi) is 5.68. The molecule has 1 fully saturated rings. The van der Waals surface area contributed by atoms with Gasteiger partial charge in [0.15, 0.2) is 0 Å². The van der Waals surface area contributed by atoms with Gasteiger partial charge < -0.3 is 5.32 Å². The van der Waals surface area contributed by atoms with Crippen LogP contribution in [0.2, 0.25) is 0 Å². The van der Waals surface area contributed by atoms with E-state index in [1.54, 1.807) is 5.56 Å². The standard InChI is InChI=1S/C20H34N2/c1-13(2)12-19(22-10-8-21-9-11-22)20-17(6)15(4)14(3)16(5)18(20)7/h13,19,21H,8-12H2,1-7H3/t19-/m0/s1. The van der Waals surface area contributed by atoms with Crippen molar-refractivity contribution in [2.45, 2.75) is 60.9 Å². The smallest absolute Gasteiger partial charge is 0.0357 e. The van der Waals surface area contributed by atoms with Gasteiger partial charge in [-0.15, -0.1) is 0 Å². The molecule has 22 heavy (non-hydrogen) atoms. The molecular weight excluding hydrogens is 268 g/mol. The largest absolute Gasteiger partial charge is 0.314 e. The first-order valence-electron chi connectivity index (χ1n) is 8.86. The minimum atomic E-state index is 0.570. The maximum absolute atomic E-state index is 3.49. The molecule has 1 N–H and O–H groups in total. The molecule has 1 heterocycles. The second-order valence-electron chi connectivity index (χ2n) is 7.47. The summed E-state index contributed by atoms with van der Waals surface area (Å²) >= 11 is 0. The molecule has 0 saturated carbocycles. The Morgan fingerprint density at radius 3 is 1.73 bits per heavy atom. The van der Waals surface area contributed by atoms with E-state index in [-0.39, 0.29) is 0 Å². The highest BCUT2D eigenvalue weighted by molar-refractivity contribution is 5.50. The summed E-state index contributed by atoms with van der Waals surface area (Å²) in [6, 6.07) is 0.570. The van der Waals surface area contributed by atoms with E-state index in [2.05, 4.69) is 58.7 Å². The lowest BCUT2D eigenvalue weighted by molar-refractivity contribution is 0.153. The van der Waals surface area contributed by atoms with E-state index in [0.29, 0.717) is 6.04 Å². The molecule has 0 unspecified atom stereocenters. The molecule has 1 aromatic carbocycles. The molecule has 0 radical (unpaired) electrons. The number of hydrogen-bond acceptors (Lipinski definition) is 2. The van der Waals surface area contributed by atoms with Crippen LogP contribution in [-0.2, 0) is 0 Å². The third-order valence-corrected chi connectivity index (χ3v) is 5.68. The first kappa shape index (κ1) is 17.5. The third kappa shape index (κ3) is 3.38. The number of nitrogens with one attached hydrogen (secondary N) is 1. The Morgan fingerprint density at radius 1 is 0.818 bits per heavy atom. The lowest BCUT2D eigenvalue weighted by atomic mass is 9.83. The summed E-state index contributed by atoms with van der Waals surface area (Å²) in [4.78, 5) is 2.71. The van der Waals surface area contributed by atoms with Gasteiger partial charge in [-0.25, -0.2) is 0 Å². The summed E-state index contributed by atoms with van der Waals surface area (Å²) in [5, 5.41) is 3.49. The average molecular weight is 303 g/mol. The monoisotopic (exact) mass is 302 g/mol. The minimum Gasteiger partial charge on any atom is -0.314 e. The van der Waals surface area contributed by atoms with Gasteiger partial charge in [0.25, 0.3) is 0 Å². The van der Waals surface area contributed by atoms with Crippen LogP contribution in [-0.4, -0.2) is 31.1 Å². The van der Waals surface area contributed by atoms with E-state index in [9.17, 15) is 0 Å². The van der Waals surface area contributed by atoms with Crippen LogP contribution in [0.5, 0.6) is 0 Å². The lowest BCUT2D eigenvalue weighted by Crippen LogP contribution is -2.45. The van der Waals surface area contributed by atoms with Gasteiger partial charge in [-0.3, -0.25) is 4.90 Å². The molecule has 1 aliphatic heterocycles. The van der Waals surface area contributed by atoms with Crippen LogP contribution < -0.4 is 5.32 Å². The van der Waals surface area contributed by atoms with Crippen molar-refractivity contribution in [1.29, 1.82) is 0 Å². The second kappa shape index (κ2) is 7.14. The van der Waals surface area contributed by atoms with Gasteiger partial charge in [-0.05, 0) is 80.3 Å². The lowest BCUT2D eigenvalue weighted by Gasteiger charge is -2.38. The molecule has 2 nitrogen and oxygen atoms in total. The molecule has 0 spiro atoms. The van der Waals surface area contributed by atoms with Crippen LogP contribution in [0.15, 0.2) is 0 Å². The van der Waals surface area contributed by atoms with E-state index in [4.69, 9.17) is 0 Å². The summed E-state index contributed by atoms with van der Waals surface area (Å²) in [6.07, 6.45) is 1.25. The number of benzene rings is 1. The minimum absolute atomic E-state index is 0.570. The molecular formula is C20H34N2. The van der Waals surface area contributed by atoms with Gasteiger partial charge in [0.1, 0.15) is 0 Å². The molecule has 0 bridgehead atoms. The predicted molar refractivity (Wildman–Crippen MR) is 96.8 cm³/mol. The Balaban J connectivity index is 2.51. The molecule has 1 aliphatic rings. The van der Waals surface area contributed by atoms with Crippen LogP contribution in [0.4, 0.5) is 0 Å². The summed E-state index contributed by atoms with van der Waals surface area (Å²) in [5.41, 5.74) is 9.09. The SMILES string of the molecule is Cc1c(C)c(C)c([C@H](CC(C)C)N2CCNCC2)c(C)c1C. The third-order valence-electron chi connectivity index (χ3n) is 5.68. The molecule has 1 atom stereocenters. The number of hydrogen-bond donors (Lipinski definition) is 1. The highest BCUT2D eigenvalue weighted by atomic mass is 15.2. The fourth-order valence-corrected chi connectivity index (χ4v) is 3.92. The van der Waals surface area contributed by atoms with Crippen LogP contribution in [0.3, 0.4) is 0 Å². The van der Waals surface area contributed by atoms with Gasteiger partial charge in [0.05, 0.1) is 0 Å². The normalized spacial score (nSPS) is 18.0. The fourth-order valence-electron chi connectivity index (χ4n) is 3.92. The molecule has 124 valence electrons. The van der Waals surface area contributed by atoms with Crippen molar-refractivity contribution in [3.05, 3.63) is 33.4 Å². The second-order valence-corrected chi connectivity index (χ2v) is 7.47. The molecule has 0 aliphatic carbocycles. The molecule has 0 amide bonds. The zero-order valence-corrected chi connectivity index (χ0v) is 15.6. The summed E-state index contributed by atoms with van der Waals surface area (Å²) in [5.74, 6) is 0.723. The highest BCUT2D eigenvalue weighted by Gasteiger charge is 2.27. The Bertz CT molecular complexity index is 496. The number of rotatable bonds is 4. The first-order chi connectivity index (χ1) is 10.3. The van der Waals surface area contributed by atoms with Gasteiger partial charge >= 0.3 is 0 Å². The Labute approximate surface area is 137 Å². The van der Waals surface area contributed by atoms with Gasteiger partial charge in [-0.1, -0.05) is 13.8 Å². The van der Waals surface area contributed by atoms with Gasteiger partial charge in [-0.2, -0.15) is 0 Å². The van der Waals surface area contributed by atoms with Crippen molar-refractivity contribution in [2.75, 3.05) is 26.2 Å². The maximum atomic E-state index is 3.49. The zero-order valence-electron chi connectivity index (χ0n) is 15.6. The fraction of sp³-hybridized carbons (Fsp3) is 0.700. The van der Waals surface area contributed by atoms with Crippen LogP contribution in [0, 0.1) is 40.5 Å². The first-order valence-corrected chi connectivity index (χ1v) is 8.86. The Hall–Kier alpha value is -0.860. The van der Waals surface area contributed by atoms with Crippen molar-refractivity contribution in [3.8, 4) is 0 Å². The van der Waals surface area contributed by atoms with Crippen molar-refractivity contribution >= 4 is 0 Å². The van der Waals surface area contributed by atoms with E-state index in [0.717, 1.165) is 19.0 Å². The van der Waals surface area contributed by atoms with E-state index < -0.39 is 0 Å². The van der Waals surface area contributed by atoms with Crippen molar-refractivity contribution < 1.29 is 0 Å². The number of nitrogens with zero attached hydrogens (tertiary/aromatic N) is 1. The van der Waals surface area contributed by atoms with E-state index >= 15 is 0 Å². The van der Waals surface area contributed by atoms with Crippen molar-refractivity contribution in [3.63, 3.8) is 0 Å². The maximum Gasteiger partial charge on any atom is 0.0357 e. The topological polar surface area (TPSA) is 15.3 Å². The zero-order chi connectivity index (χ0) is 16.4. The molecule has 2 heteroatoms. The van der Waals surface area contributed by atoms with Crippen LogP contribution in [0.25, 0.3) is 0 Å². The predicted octanol–water partition coefficient (Wildman–Crippen LogP) is 4.22.